The van der Waals surface area contributed by atoms with Crippen molar-refractivity contribution in [2.75, 3.05) is 13.1 Å². The maximum Gasteiger partial charge on any atom is 0.0677 e. The van der Waals surface area contributed by atoms with Crippen LogP contribution in [-0.4, -0.2) is 47.6 Å². The Hall–Kier alpha value is -0.160. The van der Waals surface area contributed by atoms with Gasteiger partial charge in [-0.1, -0.05) is 0 Å². The summed E-state index contributed by atoms with van der Waals surface area (Å²) >= 11 is 0. The Bertz CT molecular complexity index is 115. The molecule has 0 radical (unpaired) electrons. The number of aliphatic hydroxyl groups excluding tert-OH is 2. The fraction of sp³-hybridized carbons (Fsp3) is 1.00. The van der Waals surface area contributed by atoms with Crippen molar-refractivity contribution in [3.05, 3.63) is 0 Å². The van der Waals surface area contributed by atoms with Crippen LogP contribution in [-0.2, 0) is 0 Å². The largest absolute Gasteiger partial charge is 0.392 e. The van der Waals surface area contributed by atoms with Crippen LogP contribution in [0.25, 0.3) is 0 Å². The van der Waals surface area contributed by atoms with Crippen LogP contribution in [0.5, 0.6) is 0 Å². The lowest BCUT2D eigenvalue weighted by molar-refractivity contribution is 0.0908. The summed E-state index contributed by atoms with van der Waals surface area (Å²) in [4.78, 5) is 0. The predicted molar refractivity (Wildman–Crippen MR) is 46.9 cm³/mol. The van der Waals surface area contributed by atoms with Crippen molar-refractivity contribution in [2.24, 2.45) is 0 Å². The highest BCUT2D eigenvalue weighted by atomic mass is 16.3. The first-order valence-corrected chi connectivity index (χ1v) is 4.44. The molecule has 0 aromatic heterocycles. The van der Waals surface area contributed by atoms with Gasteiger partial charge in [-0.25, -0.2) is 0 Å². The summed E-state index contributed by atoms with van der Waals surface area (Å²) in [6, 6.07) is 0.222. The Balaban J connectivity index is 2.30. The first-order valence-electron chi connectivity index (χ1n) is 4.44. The SMILES string of the molecule is CC(O)C1CNC(C(C)O)CN1. The molecule has 12 heavy (non-hydrogen) atoms. The van der Waals surface area contributed by atoms with Crippen LogP contribution in [0.3, 0.4) is 0 Å². The third-order valence-corrected chi connectivity index (χ3v) is 2.36. The molecular formula is C8H18N2O2. The Morgan fingerprint density at radius 1 is 1.00 bits per heavy atom. The lowest BCUT2D eigenvalue weighted by Gasteiger charge is -2.34. The van der Waals surface area contributed by atoms with Gasteiger partial charge in [-0.3, -0.25) is 0 Å². The molecule has 0 aromatic rings. The maximum atomic E-state index is 9.24. The molecule has 1 saturated heterocycles. The van der Waals surface area contributed by atoms with Gasteiger partial charge in [0.15, 0.2) is 0 Å². The fourth-order valence-electron chi connectivity index (χ4n) is 1.38. The minimum absolute atomic E-state index is 0.111. The van der Waals surface area contributed by atoms with Crippen LogP contribution in [0.15, 0.2) is 0 Å². The van der Waals surface area contributed by atoms with Crippen LogP contribution in [0, 0.1) is 0 Å². The summed E-state index contributed by atoms with van der Waals surface area (Å²) < 4.78 is 0. The average Bonchev–Trinajstić information content (AvgIpc) is 2.04. The van der Waals surface area contributed by atoms with E-state index < -0.39 is 0 Å². The first kappa shape index (κ1) is 9.92. The highest BCUT2D eigenvalue weighted by Gasteiger charge is 2.24. The van der Waals surface area contributed by atoms with Gasteiger partial charge in [-0.05, 0) is 13.8 Å². The number of rotatable bonds is 2. The normalized spacial score (nSPS) is 36.0. The lowest BCUT2D eigenvalue weighted by atomic mass is 10.1. The Labute approximate surface area is 73.0 Å². The molecule has 1 rings (SSSR count). The molecule has 1 aliphatic heterocycles. The molecule has 4 nitrogen and oxygen atoms in total. The predicted octanol–water partition coefficient (Wildman–Crippen LogP) is -1.32. The van der Waals surface area contributed by atoms with Crippen molar-refractivity contribution in [1.82, 2.24) is 10.6 Å². The molecule has 4 heteroatoms. The van der Waals surface area contributed by atoms with E-state index in [1.54, 1.807) is 13.8 Å². The second-order valence-electron chi connectivity index (χ2n) is 3.51. The van der Waals surface area contributed by atoms with Crippen molar-refractivity contribution in [2.45, 2.75) is 38.1 Å². The van der Waals surface area contributed by atoms with Crippen molar-refractivity contribution in [3.8, 4) is 0 Å². The average molecular weight is 174 g/mol. The smallest absolute Gasteiger partial charge is 0.0677 e. The van der Waals surface area contributed by atoms with Crippen molar-refractivity contribution >= 4 is 0 Å². The van der Waals surface area contributed by atoms with Gasteiger partial charge in [-0.15, -0.1) is 0 Å². The van der Waals surface area contributed by atoms with Gasteiger partial charge in [0.2, 0.25) is 0 Å². The minimum Gasteiger partial charge on any atom is -0.392 e. The van der Waals surface area contributed by atoms with Crippen LogP contribution in [0.2, 0.25) is 0 Å². The van der Waals surface area contributed by atoms with E-state index in [4.69, 9.17) is 0 Å². The van der Waals surface area contributed by atoms with E-state index in [1.165, 1.54) is 0 Å². The molecule has 1 fully saturated rings. The maximum absolute atomic E-state index is 9.24. The molecule has 4 N–H and O–H groups in total. The summed E-state index contributed by atoms with van der Waals surface area (Å²) in [5, 5.41) is 24.8. The van der Waals surface area contributed by atoms with E-state index in [0.717, 1.165) is 0 Å². The highest BCUT2D eigenvalue weighted by molar-refractivity contribution is 4.87. The fourth-order valence-corrected chi connectivity index (χ4v) is 1.38. The van der Waals surface area contributed by atoms with E-state index in [9.17, 15) is 10.2 Å². The van der Waals surface area contributed by atoms with Gasteiger partial charge >= 0.3 is 0 Å². The summed E-state index contributed by atoms with van der Waals surface area (Å²) in [5.41, 5.74) is 0. The second kappa shape index (κ2) is 4.18. The minimum atomic E-state index is -0.340. The van der Waals surface area contributed by atoms with Crippen LogP contribution in [0.1, 0.15) is 13.8 Å². The van der Waals surface area contributed by atoms with Crippen molar-refractivity contribution in [3.63, 3.8) is 0 Å². The molecular weight excluding hydrogens is 156 g/mol. The number of aliphatic hydroxyl groups is 2. The molecule has 0 spiro atoms. The van der Waals surface area contributed by atoms with Gasteiger partial charge in [0.1, 0.15) is 0 Å². The van der Waals surface area contributed by atoms with E-state index in [-0.39, 0.29) is 24.3 Å². The molecule has 0 aliphatic carbocycles. The zero-order valence-corrected chi connectivity index (χ0v) is 7.62. The molecule has 1 aliphatic rings. The van der Waals surface area contributed by atoms with E-state index >= 15 is 0 Å². The number of hydrogen-bond acceptors (Lipinski definition) is 4. The van der Waals surface area contributed by atoms with Crippen molar-refractivity contribution in [1.29, 1.82) is 0 Å². The van der Waals surface area contributed by atoms with Crippen LogP contribution >= 0.6 is 0 Å². The van der Waals surface area contributed by atoms with Gasteiger partial charge in [0.05, 0.1) is 12.2 Å². The monoisotopic (exact) mass is 174 g/mol. The molecule has 1 heterocycles. The summed E-state index contributed by atoms with van der Waals surface area (Å²) in [5.74, 6) is 0. The molecule has 0 saturated carbocycles. The molecule has 4 atom stereocenters. The molecule has 0 aromatic carbocycles. The molecule has 0 bridgehead atoms. The molecule has 0 amide bonds. The number of nitrogens with one attached hydrogen (secondary N) is 2. The lowest BCUT2D eigenvalue weighted by Crippen LogP contribution is -2.60. The van der Waals surface area contributed by atoms with E-state index in [2.05, 4.69) is 10.6 Å². The summed E-state index contributed by atoms with van der Waals surface area (Å²) in [6.45, 7) is 4.96. The quantitative estimate of drug-likeness (QED) is 0.419. The van der Waals surface area contributed by atoms with Gasteiger partial charge in [-0.2, -0.15) is 0 Å². The number of hydrogen-bond donors (Lipinski definition) is 4. The Morgan fingerprint density at radius 3 is 1.50 bits per heavy atom. The van der Waals surface area contributed by atoms with Crippen LogP contribution in [0.4, 0.5) is 0 Å². The van der Waals surface area contributed by atoms with Crippen molar-refractivity contribution < 1.29 is 10.2 Å². The Kier molecular flexibility index (Phi) is 3.46. The van der Waals surface area contributed by atoms with Crippen LogP contribution < -0.4 is 10.6 Å². The third kappa shape index (κ3) is 2.42. The third-order valence-electron chi connectivity index (χ3n) is 2.36. The zero-order valence-electron chi connectivity index (χ0n) is 7.62. The molecule has 72 valence electrons. The van der Waals surface area contributed by atoms with Gasteiger partial charge in [0.25, 0.3) is 0 Å². The Morgan fingerprint density at radius 2 is 1.33 bits per heavy atom. The second-order valence-corrected chi connectivity index (χ2v) is 3.51. The highest BCUT2D eigenvalue weighted by Crippen LogP contribution is 2.01. The zero-order chi connectivity index (χ0) is 9.14. The topological polar surface area (TPSA) is 64.5 Å². The van der Waals surface area contributed by atoms with Gasteiger partial charge < -0.3 is 20.8 Å². The van der Waals surface area contributed by atoms with E-state index in [0.29, 0.717) is 13.1 Å². The first-order chi connectivity index (χ1) is 5.61. The van der Waals surface area contributed by atoms with Gasteiger partial charge in [0, 0.05) is 25.2 Å². The number of piperazine rings is 1. The summed E-state index contributed by atoms with van der Waals surface area (Å²) in [6.07, 6.45) is -0.681. The molecule has 4 unspecified atom stereocenters. The van der Waals surface area contributed by atoms with E-state index in [1.807, 2.05) is 0 Å². The summed E-state index contributed by atoms with van der Waals surface area (Å²) in [7, 11) is 0. The standard InChI is InChI=1S/C8H18N2O2/c1-5(11)7-3-10-8(4-9-7)6(2)12/h5-12H,3-4H2,1-2H3.